The van der Waals surface area contributed by atoms with Crippen molar-refractivity contribution in [3.63, 3.8) is 0 Å². The van der Waals surface area contributed by atoms with Gasteiger partial charge < -0.3 is 23.9 Å². The molecule has 2 aromatic carbocycles. The van der Waals surface area contributed by atoms with Crippen molar-refractivity contribution < 1.29 is 23.5 Å². The second-order valence-electron chi connectivity index (χ2n) is 7.05. The minimum absolute atomic E-state index is 0.0950. The first-order valence-corrected chi connectivity index (χ1v) is 10.1. The van der Waals surface area contributed by atoms with E-state index < -0.39 is 5.97 Å². The Kier molecular flexibility index (Phi) is 5.93. The second-order valence-corrected chi connectivity index (χ2v) is 7.05. The van der Waals surface area contributed by atoms with Crippen molar-refractivity contribution in [2.75, 3.05) is 19.0 Å². The lowest BCUT2D eigenvalue weighted by molar-refractivity contribution is -0.116. The van der Waals surface area contributed by atoms with Gasteiger partial charge in [0.1, 0.15) is 23.8 Å². The lowest BCUT2D eigenvalue weighted by atomic mass is 10.3. The Bertz CT molecular complexity index is 1270. The molecule has 1 N–H and O–H groups in total. The van der Waals surface area contributed by atoms with E-state index in [9.17, 15) is 14.0 Å². The number of nitrogens with zero attached hydrogens (tertiary/aromatic N) is 2. The van der Waals surface area contributed by atoms with E-state index >= 15 is 0 Å². The van der Waals surface area contributed by atoms with Crippen molar-refractivity contribution in [1.82, 2.24) is 9.13 Å². The Labute approximate surface area is 184 Å². The van der Waals surface area contributed by atoms with Crippen LogP contribution in [-0.4, -0.2) is 34.7 Å². The van der Waals surface area contributed by atoms with E-state index in [1.807, 2.05) is 10.8 Å². The number of methoxy groups -OCH3 is 1. The van der Waals surface area contributed by atoms with Crippen LogP contribution in [0.25, 0.3) is 16.7 Å². The van der Waals surface area contributed by atoms with Gasteiger partial charge in [-0.2, -0.15) is 0 Å². The van der Waals surface area contributed by atoms with Gasteiger partial charge in [0.05, 0.1) is 24.8 Å². The van der Waals surface area contributed by atoms with Crippen molar-refractivity contribution in [1.29, 1.82) is 0 Å². The highest BCUT2D eigenvalue weighted by Gasteiger charge is 2.21. The fourth-order valence-corrected chi connectivity index (χ4v) is 3.56. The molecule has 0 radical (unpaired) electrons. The highest BCUT2D eigenvalue weighted by atomic mass is 19.1. The van der Waals surface area contributed by atoms with Crippen molar-refractivity contribution >= 4 is 28.6 Å². The molecule has 0 saturated carbocycles. The van der Waals surface area contributed by atoms with Crippen molar-refractivity contribution in [3.8, 4) is 11.4 Å². The maximum Gasteiger partial charge on any atom is 0.355 e. The van der Waals surface area contributed by atoms with Crippen LogP contribution in [0.3, 0.4) is 0 Å². The minimum atomic E-state index is -0.525. The van der Waals surface area contributed by atoms with E-state index in [0.717, 1.165) is 5.69 Å². The molecule has 0 aliphatic heterocycles. The number of ether oxygens (including phenoxy) is 2. The normalized spacial score (nSPS) is 10.8. The lowest BCUT2D eigenvalue weighted by Gasteiger charge is -2.11. The number of halogens is 1. The number of esters is 1. The van der Waals surface area contributed by atoms with E-state index in [1.54, 1.807) is 67.1 Å². The molecule has 7 nitrogen and oxygen atoms in total. The Morgan fingerprint density at radius 3 is 2.53 bits per heavy atom. The van der Waals surface area contributed by atoms with Crippen LogP contribution in [0.4, 0.5) is 10.1 Å². The molecule has 2 heterocycles. The maximum atomic E-state index is 13.3. The third kappa shape index (κ3) is 4.20. The van der Waals surface area contributed by atoms with Crippen LogP contribution in [-0.2, 0) is 16.1 Å². The summed E-state index contributed by atoms with van der Waals surface area (Å²) >= 11 is 0. The molecule has 32 heavy (non-hydrogen) atoms. The molecule has 0 bridgehead atoms. The largest absolute Gasteiger partial charge is 0.497 e. The van der Waals surface area contributed by atoms with Gasteiger partial charge in [0.15, 0.2) is 0 Å². The molecular formula is C24H22FN3O4. The van der Waals surface area contributed by atoms with Gasteiger partial charge in [0.2, 0.25) is 5.91 Å². The quantitative estimate of drug-likeness (QED) is 0.437. The van der Waals surface area contributed by atoms with E-state index in [4.69, 9.17) is 9.47 Å². The van der Waals surface area contributed by atoms with Crippen LogP contribution in [0, 0.1) is 5.82 Å². The van der Waals surface area contributed by atoms with Crippen molar-refractivity contribution in [3.05, 3.63) is 78.4 Å². The molecule has 1 amide bonds. The van der Waals surface area contributed by atoms with Crippen molar-refractivity contribution in [2.45, 2.75) is 13.5 Å². The summed E-state index contributed by atoms with van der Waals surface area (Å²) in [5.41, 5.74) is 2.95. The molecule has 4 rings (SSSR count). The predicted molar refractivity (Wildman–Crippen MR) is 119 cm³/mol. The van der Waals surface area contributed by atoms with E-state index in [0.29, 0.717) is 22.5 Å². The Morgan fingerprint density at radius 2 is 1.81 bits per heavy atom. The van der Waals surface area contributed by atoms with Gasteiger partial charge in [-0.3, -0.25) is 4.79 Å². The summed E-state index contributed by atoms with van der Waals surface area (Å²) in [7, 11) is 1.55. The third-order valence-corrected chi connectivity index (χ3v) is 5.00. The average molecular weight is 435 g/mol. The molecular weight excluding hydrogens is 413 g/mol. The number of nitrogens with one attached hydrogen (secondary N) is 1. The number of benzene rings is 2. The average Bonchev–Trinajstić information content (AvgIpc) is 3.35. The van der Waals surface area contributed by atoms with Crippen LogP contribution in [0.15, 0.2) is 66.9 Å². The standard InChI is InChI=1S/C24H22FN3O4/c1-3-32-24(30)22-14-21-20(11-12-27(21)18-9-7-16(25)8-10-18)28(22)15-23(29)26-17-5-4-6-19(13-17)31-2/h4-14H,3,15H2,1-2H3,(H,26,29). The Balaban J connectivity index is 1.69. The summed E-state index contributed by atoms with van der Waals surface area (Å²) in [6.07, 6.45) is 1.81. The summed E-state index contributed by atoms with van der Waals surface area (Å²) in [6.45, 7) is 1.84. The van der Waals surface area contributed by atoms with Crippen LogP contribution in [0.2, 0.25) is 0 Å². The van der Waals surface area contributed by atoms with Gasteiger partial charge in [-0.25, -0.2) is 9.18 Å². The molecule has 8 heteroatoms. The first-order valence-electron chi connectivity index (χ1n) is 10.1. The van der Waals surface area contributed by atoms with Gasteiger partial charge in [0, 0.05) is 23.6 Å². The molecule has 0 spiro atoms. The van der Waals surface area contributed by atoms with E-state index in [-0.39, 0.29) is 30.6 Å². The number of rotatable bonds is 7. The summed E-state index contributed by atoms with van der Waals surface area (Å²) in [4.78, 5) is 25.4. The number of hydrogen-bond donors (Lipinski definition) is 1. The zero-order chi connectivity index (χ0) is 22.7. The molecule has 0 saturated heterocycles. The highest BCUT2D eigenvalue weighted by molar-refractivity contribution is 5.98. The van der Waals surface area contributed by atoms with Crippen LogP contribution < -0.4 is 10.1 Å². The number of carbonyl (C=O) groups excluding carboxylic acids is 2. The number of amides is 1. The SMILES string of the molecule is CCOC(=O)c1cc2c(ccn2-c2ccc(F)cc2)n1CC(=O)Nc1cccc(OC)c1. The second kappa shape index (κ2) is 8.97. The Hall–Kier alpha value is -4.07. The lowest BCUT2D eigenvalue weighted by Crippen LogP contribution is -2.22. The zero-order valence-electron chi connectivity index (χ0n) is 17.7. The van der Waals surface area contributed by atoms with E-state index in [2.05, 4.69) is 5.32 Å². The number of aromatic nitrogens is 2. The monoisotopic (exact) mass is 435 g/mol. The number of hydrogen-bond acceptors (Lipinski definition) is 4. The molecule has 0 aliphatic rings. The maximum absolute atomic E-state index is 13.3. The minimum Gasteiger partial charge on any atom is -0.497 e. The molecule has 0 fully saturated rings. The van der Waals surface area contributed by atoms with Crippen molar-refractivity contribution in [2.24, 2.45) is 0 Å². The smallest absolute Gasteiger partial charge is 0.355 e. The molecule has 164 valence electrons. The topological polar surface area (TPSA) is 74.5 Å². The third-order valence-electron chi connectivity index (χ3n) is 5.00. The first kappa shape index (κ1) is 21.2. The highest BCUT2D eigenvalue weighted by Crippen LogP contribution is 2.26. The molecule has 0 aliphatic carbocycles. The number of anilines is 1. The number of fused-ring (bicyclic) bond motifs is 1. The summed E-state index contributed by atoms with van der Waals surface area (Å²) < 4.78 is 27.2. The van der Waals surface area contributed by atoms with E-state index in [1.165, 1.54) is 12.1 Å². The van der Waals surface area contributed by atoms with Gasteiger partial charge in [0.25, 0.3) is 0 Å². The molecule has 0 unspecified atom stereocenters. The summed E-state index contributed by atoms with van der Waals surface area (Å²) in [5, 5.41) is 2.82. The molecule has 2 aromatic heterocycles. The zero-order valence-corrected chi connectivity index (χ0v) is 17.7. The first-order chi connectivity index (χ1) is 15.5. The molecule has 0 atom stereocenters. The van der Waals surface area contributed by atoms with Gasteiger partial charge in [-0.15, -0.1) is 0 Å². The molecule has 4 aromatic rings. The van der Waals surface area contributed by atoms with Crippen LogP contribution in [0.1, 0.15) is 17.4 Å². The van der Waals surface area contributed by atoms with Crippen LogP contribution >= 0.6 is 0 Å². The number of carbonyl (C=O) groups is 2. The Morgan fingerprint density at radius 1 is 1.03 bits per heavy atom. The van der Waals surface area contributed by atoms with Gasteiger partial charge in [-0.1, -0.05) is 6.07 Å². The summed E-state index contributed by atoms with van der Waals surface area (Å²) in [5.74, 6) is -0.551. The summed E-state index contributed by atoms with van der Waals surface area (Å²) in [6, 6.07) is 16.5. The van der Waals surface area contributed by atoms with Gasteiger partial charge >= 0.3 is 5.97 Å². The van der Waals surface area contributed by atoms with Crippen LogP contribution in [0.5, 0.6) is 5.75 Å². The fourth-order valence-electron chi connectivity index (χ4n) is 3.56. The fraction of sp³-hybridized carbons (Fsp3) is 0.167. The van der Waals surface area contributed by atoms with Gasteiger partial charge in [-0.05, 0) is 55.5 Å². The predicted octanol–water partition coefficient (Wildman–Crippen LogP) is 4.40.